The number of aliphatic hydroxyl groups is 4. The molecule has 1 fully saturated rings. The molecule has 0 radical (unpaired) electrons. The van der Waals surface area contributed by atoms with Gasteiger partial charge in [0.15, 0.2) is 17.3 Å². The molecule has 1 aliphatic carbocycles. The molecule has 1 heterocycles. The van der Waals surface area contributed by atoms with Crippen LogP contribution in [-0.2, 0) is 4.74 Å². The first kappa shape index (κ1) is 21.2. The highest BCUT2D eigenvalue weighted by atomic mass is 16.7. The fraction of sp³-hybridized carbons (Fsp3) is 0.333. The Morgan fingerprint density at radius 2 is 1.68 bits per heavy atom. The van der Waals surface area contributed by atoms with Crippen LogP contribution in [0.5, 0.6) is 17.2 Å². The molecule has 164 valence electrons. The number of benzene rings is 2. The van der Waals surface area contributed by atoms with E-state index in [1.54, 1.807) is 0 Å². The molecule has 6 N–H and O–H groups in total. The smallest absolute Gasteiger partial charge is 0.229 e. The van der Waals surface area contributed by atoms with Gasteiger partial charge in [0, 0.05) is 11.1 Å². The first-order valence-corrected chi connectivity index (χ1v) is 9.42. The van der Waals surface area contributed by atoms with Crippen molar-refractivity contribution in [1.82, 2.24) is 0 Å². The number of aliphatic hydroxyl groups excluding tert-OH is 4. The molecule has 10 heteroatoms. The standard InChI is InChI=1S/C21H20O10/c1-7-5-9-13(16(26)12-8(14(9)24)3-2-4-10(12)23)17(27)20(7)31-21-19(29)18(28)15(25)11(6-22)30-21/h2-5,11,15,18-19,21-23,25,27-29H,6H2,1H3/t11-,15-,18+,19-,21+/m1/s1. The fourth-order valence-corrected chi connectivity index (χ4v) is 3.86. The number of ketones is 2. The van der Waals surface area contributed by atoms with E-state index >= 15 is 0 Å². The van der Waals surface area contributed by atoms with Crippen LogP contribution in [0.4, 0.5) is 0 Å². The van der Waals surface area contributed by atoms with Crippen molar-refractivity contribution in [1.29, 1.82) is 0 Å². The van der Waals surface area contributed by atoms with E-state index < -0.39 is 60.4 Å². The fourth-order valence-electron chi connectivity index (χ4n) is 3.86. The maximum Gasteiger partial charge on any atom is 0.229 e. The lowest BCUT2D eigenvalue weighted by atomic mass is 9.82. The number of ether oxygens (including phenoxy) is 2. The van der Waals surface area contributed by atoms with E-state index in [0.717, 1.165) is 0 Å². The topological polar surface area (TPSA) is 174 Å². The highest BCUT2D eigenvalue weighted by molar-refractivity contribution is 6.30. The summed E-state index contributed by atoms with van der Waals surface area (Å²) in [7, 11) is 0. The van der Waals surface area contributed by atoms with Crippen LogP contribution >= 0.6 is 0 Å². The second-order valence-electron chi connectivity index (χ2n) is 7.47. The highest BCUT2D eigenvalue weighted by Crippen LogP contribution is 2.43. The van der Waals surface area contributed by atoms with Crippen molar-refractivity contribution in [3.05, 3.63) is 52.1 Å². The third-order valence-corrected chi connectivity index (χ3v) is 5.51. The van der Waals surface area contributed by atoms with E-state index in [4.69, 9.17) is 9.47 Å². The minimum absolute atomic E-state index is 0.00102. The summed E-state index contributed by atoms with van der Waals surface area (Å²) < 4.78 is 10.8. The van der Waals surface area contributed by atoms with Gasteiger partial charge >= 0.3 is 0 Å². The summed E-state index contributed by atoms with van der Waals surface area (Å²) in [5.41, 5.74) is -0.502. The lowest BCUT2D eigenvalue weighted by Crippen LogP contribution is -2.60. The minimum atomic E-state index is -1.74. The Hall–Kier alpha value is -3.02. The van der Waals surface area contributed by atoms with Gasteiger partial charge < -0.3 is 40.1 Å². The second kappa shape index (κ2) is 7.59. The van der Waals surface area contributed by atoms with Gasteiger partial charge in [0.05, 0.1) is 17.7 Å². The Bertz CT molecular complexity index is 1080. The van der Waals surface area contributed by atoms with Gasteiger partial charge in [0.25, 0.3) is 0 Å². The molecular weight excluding hydrogens is 412 g/mol. The monoisotopic (exact) mass is 432 g/mol. The minimum Gasteiger partial charge on any atom is -0.507 e. The number of aromatic hydroxyl groups is 2. The third kappa shape index (κ3) is 3.16. The van der Waals surface area contributed by atoms with Crippen molar-refractivity contribution >= 4 is 11.6 Å². The Balaban J connectivity index is 1.77. The molecule has 1 saturated heterocycles. The second-order valence-corrected chi connectivity index (χ2v) is 7.47. The molecule has 2 aromatic carbocycles. The zero-order chi connectivity index (χ0) is 22.6. The van der Waals surface area contributed by atoms with Gasteiger partial charge in [-0.2, -0.15) is 0 Å². The first-order valence-electron chi connectivity index (χ1n) is 9.42. The summed E-state index contributed by atoms with van der Waals surface area (Å²) in [6, 6.07) is 5.38. The van der Waals surface area contributed by atoms with Crippen molar-refractivity contribution < 1.29 is 49.7 Å². The van der Waals surface area contributed by atoms with Crippen LogP contribution in [0.3, 0.4) is 0 Å². The molecule has 2 aliphatic rings. The summed E-state index contributed by atoms with van der Waals surface area (Å²) in [5.74, 6) is -2.79. The quantitative estimate of drug-likeness (QED) is 0.312. The summed E-state index contributed by atoms with van der Waals surface area (Å²) in [6.45, 7) is 0.804. The number of hydrogen-bond donors (Lipinski definition) is 6. The van der Waals surface area contributed by atoms with Gasteiger partial charge in [-0.3, -0.25) is 9.59 Å². The summed E-state index contributed by atoms with van der Waals surface area (Å²) in [4.78, 5) is 25.9. The first-order chi connectivity index (χ1) is 14.7. The van der Waals surface area contributed by atoms with Gasteiger partial charge in [-0.15, -0.1) is 0 Å². The molecule has 1 aliphatic heterocycles. The van der Waals surface area contributed by atoms with E-state index in [9.17, 15) is 40.2 Å². The van der Waals surface area contributed by atoms with Gasteiger partial charge in [0.2, 0.25) is 12.1 Å². The van der Waals surface area contributed by atoms with E-state index in [2.05, 4.69) is 0 Å². The number of phenolic OH excluding ortho intramolecular Hbond substituents is 2. The zero-order valence-corrected chi connectivity index (χ0v) is 16.2. The Kier molecular flexibility index (Phi) is 5.20. The Labute approximate surface area is 175 Å². The summed E-state index contributed by atoms with van der Waals surface area (Å²) in [6.07, 6.45) is -7.89. The molecule has 0 aromatic heterocycles. The molecule has 0 unspecified atom stereocenters. The summed E-state index contributed by atoms with van der Waals surface area (Å²) in [5, 5.41) is 60.2. The van der Waals surface area contributed by atoms with Crippen LogP contribution in [0, 0.1) is 6.92 Å². The molecule has 2 aromatic rings. The van der Waals surface area contributed by atoms with Crippen LogP contribution in [-0.4, -0.2) is 79.5 Å². The molecule has 0 spiro atoms. The molecule has 0 saturated carbocycles. The third-order valence-electron chi connectivity index (χ3n) is 5.51. The zero-order valence-electron chi connectivity index (χ0n) is 16.2. The van der Waals surface area contributed by atoms with E-state index in [0.29, 0.717) is 0 Å². The maximum absolute atomic E-state index is 13.0. The van der Waals surface area contributed by atoms with Crippen LogP contribution in [0.15, 0.2) is 24.3 Å². The van der Waals surface area contributed by atoms with Crippen LogP contribution in [0.25, 0.3) is 0 Å². The van der Waals surface area contributed by atoms with Gasteiger partial charge in [0.1, 0.15) is 30.2 Å². The van der Waals surface area contributed by atoms with Crippen molar-refractivity contribution in [2.45, 2.75) is 37.6 Å². The SMILES string of the molecule is Cc1cc2c(c(O)c1O[C@@H]1O[C@H](CO)[C@@H](O)[C@H](O)[C@H]1O)C(=O)c1c(O)cccc1C2=O. The van der Waals surface area contributed by atoms with Gasteiger partial charge in [-0.05, 0) is 24.6 Å². The average molecular weight is 432 g/mol. The molecule has 0 amide bonds. The lowest BCUT2D eigenvalue weighted by molar-refractivity contribution is -0.277. The normalized spacial score (nSPS) is 27.6. The predicted molar refractivity (Wildman–Crippen MR) is 102 cm³/mol. The van der Waals surface area contributed by atoms with Crippen molar-refractivity contribution in [2.75, 3.05) is 6.61 Å². The number of phenols is 2. The van der Waals surface area contributed by atoms with Crippen molar-refractivity contribution in [3.8, 4) is 17.2 Å². The van der Waals surface area contributed by atoms with Gasteiger partial charge in [-0.1, -0.05) is 12.1 Å². The van der Waals surface area contributed by atoms with Crippen LogP contribution in [0.2, 0.25) is 0 Å². The van der Waals surface area contributed by atoms with E-state index in [1.807, 2.05) is 0 Å². The van der Waals surface area contributed by atoms with Crippen molar-refractivity contribution in [2.24, 2.45) is 0 Å². The highest BCUT2D eigenvalue weighted by Gasteiger charge is 2.45. The largest absolute Gasteiger partial charge is 0.507 e. The molecule has 4 rings (SSSR count). The molecular formula is C21H20O10. The molecule has 0 bridgehead atoms. The maximum atomic E-state index is 13.0. The average Bonchev–Trinajstić information content (AvgIpc) is 2.74. The number of aryl methyl sites for hydroxylation is 1. The van der Waals surface area contributed by atoms with Gasteiger partial charge in [-0.25, -0.2) is 0 Å². The number of carbonyl (C=O) groups is 2. The van der Waals surface area contributed by atoms with Crippen LogP contribution < -0.4 is 4.74 Å². The van der Waals surface area contributed by atoms with Crippen molar-refractivity contribution in [3.63, 3.8) is 0 Å². The number of fused-ring (bicyclic) bond motifs is 2. The molecule has 10 nitrogen and oxygen atoms in total. The number of carbonyl (C=O) groups excluding carboxylic acids is 2. The summed E-state index contributed by atoms with van der Waals surface area (Å²) >= 11 is 0. The lowest BCUT2D eigenvalue weighted by Gasteiger charge is -2.39. The van der Waals surface area contributed by atoms with E-state index in [1.165, 1.54) is 31.2 Å². The number of hydrogen-bond acceptors (Lipinski definition) is 10. The number of rotatable bonds is 3. The predicted octanol–water partition coefficient (Wildman–Crippen LogP) is -0.640. The Morgan fingerprint density at radius 3 is 2.35 bits per heavy atom. The van der Waals surface area contributed by atoms with Crippen LogP contribution in [0.1, 0.15) is 37.4 Å². The molecule has 5 atom stereocenters. The Morgan fingerprint density at radius 1 is 0.968 bits per heavy atom. The van der Waals surface area contributed by atoms with E-state index in [-0.39, 0.29) is 33.6 Å². The molecule has 31 heavy (non-hydrogen) atoms.